The Kier molecular flexibility index (Phi) is 8.37. The summed E-state index contributed by atoms with van der Waals surface area (Å²) in [7, 11) is 1.43. The quantitative estimate of drug-likeness (QED) is 0.176. The Bertz CT molecular complexity index is 1230. The summed E-state index contributed by atoms with van der Waals surface area (Å²) in [6.07, 6.45) is 0. The van der Waals surface area contributed by atoms with Crippen LogP contribution in [0.2, 0.25) is 5.02 Å². The molecule has 3 aromatic carbocycles. The number of carbonyl (C=O) groups is 3. The SMILES string of the molecule is COc1cc(/C(C)=N/NC(=O)C(=O)NCc2ccccc2)ccc1OC(=O)c1ccccc1Cl. The molecule has 0 aliphatic rings. The van der Waals surface area contributed by atoms with Gasteiger partial charge in [0.25, 0.3) is 0 Å². The lowest BCUT2D eigenvalue weighted by Gasteiger charge is -2.11. The maximum atomic E-state index is 12.4. The van der Waals surface area contributed by atoms with Crippen LogP contribution in [0.5, 0.6) is 11.5 Å². The normalized spacial score (nSPS) is 10.9. The van der Waals surface area contributed by atoms with Crippen LogP contribution in [0.1, 0.15) is 28.4 Å². The molecule has 0 fully saturated rings. The molecule has 0 bridgehead atoms. The van der Waals surface area contributed by atoms with Gasteiger partial charge in [0, 0.05) is 12.1 Å². The van der Waals surface area contributed by atoms with Crippen molar-refractivity contribution in [1.29, 1.82) is 0 Å². The molecule has 0 atom stereocenters. The van der Waals surface area contributed by atoms with E-state index < -0.39 is 17.8 Å². The van der Waals surface area contributed by atoms with Gasteiger partial charge in [-0.25, -0.2) is 10.2 Å². The second-order valence-electron chi connectivity index (χ2n) is 7.04. The number of carbonyl (C=O) groups excluding carboxylic acids is 3. The third kappa shape index (κ3) is 6.43. The number of nitrogens with one attached hydrogen (secondary N) is 2. The van der Waals surface area contributed by atoms with Crippen molar-refractivity contribution in [2.24, 2.45) is 5.10 Å². The second-order valence-corrected chi connectivity index (χ2v) is 7.45. The van der Waals surface area contributed by atoms with Crippen LogP contribution >= 0.6 is 11.6 Å². The first-order valence-electron chi connectivity index (χ1n) is 10.2. The summed E-state index contributed by atoms with van der Waals surface area (Å²) in [5.74, 6) is -1.86. The molecule has 0 radical (unpaired) electrons. The molecule has 174 valence electrons. The van der Waals surface area contributed by atoms with E-state index in [-0.39, 0.29) is 28.6 Å². The minimum Gasteiger partial charge on any atom is -0.493 e. The maximum Gasteiger partial charge on any atom is 0.345 e. The van der Waals surface area contributed by atoms with Crippen LogP contribution in [0.15, 0.2) is 77.9 Å². The molecule has 0 unspecified atom stereocenters. The molecule has 2 amide bonds. The van der Waals surface area contributed by atoms with Crippen molar-refractivity contribution in [3.8, 4) is 11.5 Å². The van der Waals surface area contributed by atoms with Crippen molar-refractivity contribution in [2.75, 3.05) is 7.11 Å². The van der Waals surface area contributed by atoms with Gasteiger partial charge in [-0.1, -0.05) is 54.1 Å². The predicted octanol–water partition coefficient (Wildman–Crippen LogP) is 3.72. The number of hydrogen-bond acceptors (Lipinski definition) is 6. The van der Waals surface area contributed by atoms with Crippen LogP contribution in [0.3, 0.4) is 0 Å². The van der Waals surface area contributed by atoms with Gasteiger partial charge in [0.15, 0.2) is 11.5 Å². The average molecular weight is 480 g/mol. The van der Waals surface area contributed by atoms with Gasteiger partial charge in [-0.2, -0.15) is 5.10 Å². The molecular formula is C25H22ClN3O5. The molecule has 0 heterocycles. The van der Waals surface area contributed by atoms with Crippen LogP contribution < -0.4 is 20.2 Å². The summed E-state index contributed by atoms with van der Waals surface area (Å²) < 4.78 is 10.7. The summed E-state index contributed by atoms with van der Waals surface area (Å²) in [5.41, 5.74) is 4.31. The highest BCUT2D eigenvalue weighted by Gasteiger charge is 2.16. The third-order valence-electron chi connectivity index (χ3n) is 4.71. The zero-order valence-electron chi connectivity index (χ0n) is 18.5. The Labute approximate surface area is 201 Å². The molecular weight excluding hydrogens is 458 g/mol. The molecule has 0 spiro atoms. The predicted molar refractivity (Wildman–Crippen MR) is 128 cm³/mol. The van der Waals surface area contributed by atoms with Gasteiger partial charge in [0.2, 0.25) is 0 Å². The summed E-state index contributed by atoms with van der Waals surface area (Å²) in [6.45, 7) is 1.87. The van der Waals surface area contributed by atoms with Crippen molar-refractivity contribution in [2.45, 2.75) is 13.5 Å². The van der Waals surface area contributed by atoms with E-state index in [0.29, 0.717) is 11.3 Å². The van der Waals surface area contributed by atoms with E-state index in [9.17, 15) is 14.4 Å². The van der Waals surface area contributed by atoms with Gasteiger partial charge in [-0.15, -0.1) is 0 Å². The molecule has 0 saturated carbocycles. The smallest absolute Gasteiger partial charge is 0.345 e. The van der Waals surface area contributed by atoms with Crippen molar-refractivity contribution in [3.05, 3.63) is 94.5 Å². The second kappa shape index (κ2) is 11.6. The molecule has 0 aliphatic heterocycles. The van der Waals surface area contributed by atoms with Gasteiger partial charge in [-0.3, -0.25) is 9.59 Å². The van der Waals surface area contributed by atoms with E-state index in [2.05, 4.69) is 15.8 Å². The number of nitrogens with zero attached hydrogens (tertiary/aromatic N) is 1. The highest BCUT2D eigenvalue weighted by atomic mass is 35.5. The molecule has 3 aromatic rings. The molecule has 2 N–H and O–H groups in total. The average Bonchev–Trinajstić information content (AvgIpc) is 2.86. The van der Waals surface area contributed by atoms with E-state index in [1.54, 1.807) is 43.3 Å². The van der Waals surface area contributed by atoms with Crippen LogP contribution in [0.4, 0.5) is 0 Å². The number of rotatable bonds is 7. The van der Waals surface area contributed by atoms with Gasteiger partial charge in [-0.05, 0) is 42.8 Å². The van der Waals surface area contributed by atoms with E-state index in [4.69, 9.17) is 21.1 Å². The molecule has 0 aromatic heterocycles. The van der Waals surface area contributed by atoms with Crippen molar-refractivity contribution < 1.29 is 23.9 Å². The zero-order valence-corrected chi connectivity index (χ0v) is 19.3. The molecule has 9 heteroatoms. The fourth-order valence-corrected chi connectivity index (χ4v) is 3.08. The van der Waals surface area contributed by atoms with Crippen LogP contribution in [-0.4, -0.2) is 30.6 Å². The lowest BCUT2D eigenvalue weighted by Crippen LogP contribution is -2.37. The maximum absolute atomic E-state index is 12.4. The summed E-state index contributed by atoms with van der Waals surface area (Å²) >= 11 is 6.05. The third-order valence-corrected chi connectivity index (χ3v) is 5.03. The Hall–Kier alpha value is -4.17. The molecule has 34 heavy (non-hydrogen) atoms. The van der Waals surface area contributed by atoms with E-state index in [1.165, 1.54) is 13.2 Å². The first-order chi connectivity index (χ1) is 16.4. The van der Waals surface area contributed by atoms with Gasteiger partial charge in [0.05, 0.1) is 23.4 Å². The first kappa shape index (κ1) is 24.5. The highest BCUT2D eigenvalue weighted by Crippen LogP contribution is 2.30. The van der Waals surface area contributed by atoms with Crippen molar-refractivity contribution in [3.63, 3.8) is 0 Å². The largest absolute Gasteiger partial charge is 0.493 e. The highest BCUT2D eigenvalue weighted by molar-refractivity contribution is 6.35. The number of benzene rings is 3. The van der Waals surface area contributed by atoms with E-state index >= 15 is 0 Å². The molecule has 0 aliphatic carbocycles. The number of esters is 1. The standard InChI is InChI=1S/C25H22ClN3O5/c1-16(28-29-24(31)23(30)27-15-17-8-4-3-5-9-17)18-12-13-21(22(14-18)33-2)34-25(32)19-10-6-7-11-20(19)26/h3-14H,15H2,1-2H3,(H,27,30)(H,29,31)/b28-16+. The fourth-order valence-electron chi connectivity index (χ4n) is 2.87. The first-order valence-corrected chi connectivity index (χ1v) is 10.6. The summed E-state index contributed by atoms with van der Waals surface area (Å²) in [6, 6.07) is 20.5. The summed E-state index contributed by atoms with van der Waals surface area (Å²) in [4.78, 5) is 36.5. The van der Waals surface area contributed by atoms with Crippen LogP contribution in [-0.2, 0) is 16.1 Å². The Morgan fingerprint density at radius 2 is 1.62 bits per heavy atom. The molecule has 0 saturated heterocycles. The topological polar surface area (TPSA) is 106 Å². The number of halogens is 1. The Morgan fingerprint density at radius 1 is 0.912 bits per heavy atom. The monoisotopic (exact) mass is 479 g/mol. The molecule has 3 rings (SSSR count). The van der Waals surface area contributed by atoms with E-state index in [1.807, 2.05) is 30.3 Å². The zero-order chi connectivity index (χ0) is 24.5. The Balaban J connectivity index is 1.63. The number of hydrazone groups is 1. The minimum atomic E-state index is -0.896. The van der Waals surface area contributed by atoms with E-state index in [0.717, 1.165) is 5.56 Å². The molecule has 8 nitrogen and oxygen atoms in total. The van der Waals surface area contributed by atoms with Crippen LogP contribution in [0, 0.1) is 0 Å². The fraction of sp³-hybridized carbons (Fsp3) is 0.120. The number of ether oxygens (including phenoxy) is 2. The van der Waals surface area contributed by atoms with Crippen molar-refractivity contribution in [1.82, 2.24) is 10.7 Å². The minimum absolute atomic E-state index is 0.188. The number of amides is 2. The lowest BCUT2D eigenvalue weighted by molar-refractivity contribution is -0.139. The van der Waals surface area contributed by atoms with Gasteiger partial charge >= 0.3 is 17.8 Å². The summed E-state index contributed by atoms with van der Waals surface area (Å²) in [5, 5.41) is 6.77. The van der Waals surface area contributed by atoms with Crippen LogP contribution in [0.25, 0.3) is 0 Å². The Morgan fingerprint density at radius 3 is 2.32 bits per heavy atom. The van der Waals surface area contributed by atoms with Crippen molar-refractivity contribution >= 4 is 35.1 Å². The number of methoxy groups -OCH3 is 1. The lowest BCUT2D eigenvalue weighted by atomic mass is 10.1. The van der Waals surface area contributed by atoms with Gasteiger partial charge < -0.3 is 14.8 Å². The number of hydrogen-bond donors (Lipinski definition) is 2. The van der Waals surface area contributed by atoms with Gasteiger partial charge in [0.1, 0.15) is 0 Å².